The van der Waals surface area contributed by atoms with Crippen molar-refractivity contribution in [3.8, 4) is 0 Å². The fourth-order valence-electron chi connectivity index (χ4n) is 2.04. The van der Waals surface area contributed by atoms with Gasteiger partial charge in [0, 0.05) is 23.4 Å². The van der Waals surface area contributed by atoms with Gasteiger partial charge in [-0.25, -0.2) is 0 Å². The summed E-state index contributed by atoms with van der Waals surface area (Å²) in [7, 11) is 0. The third-order valence-corrected chi connectivity index (χ3v) is 4.21. The predicted octanol–water partition coefficient (Wildman–Crippen LogP) is 3.25. The van der Waals surface area contributed by atoms with Gasteiger partial charge in [0.1, 0.15) is 6.54 Å². The molecular weight excluding hydrogens is 371 g/mol. The Labute approximate surface area is 151 Å². The van der Waals surface area contributed by atoms with E-state index in [1.165, 1.54) is 11.8 Å². The number of carbonyl (C=O) groups is 2. The summed E-state index contributed by atoms with van der Waals surface area (Å²) >= 11 is 1.46. The van der Waals surface area contributed by atoms with Crippen molar-refractivity contribution in [2.24, 2.45) is 0 Å². The lowest BCUT2D eigenvalue weighted by Gasteiger charge is -2.08. The smallest absolute Gasteiger partial charge is 0.435 e. The molecule has 0 aliphatic carbocycles. The summed E-state index contributed by atoms with van der Waals surface area (Å²) in [6.45, 7) is -0.340. The molecule has 6 nitrogen and oxygen atoms in total. The Bertz CT molecular complexity index is 777. The van der Waals surface area contributed by atoms with Crippen LogP contribution in [0.15, 0.2) is 36.5 Å². The van der Waals surface area contributed by atoms with Gasteiger partial charge in [-0.15, -0.1) is 0 Å². The topological polar surface area (TPSA) is 84.2 Å². The van der Waals surface area contributed by atoms with Crippen molar-refractivity contribution in [1.82, 2.24) is 9.78 Å². The number of nitrogens with one attached hydrogen (secondary N) is 1. The van der Waals surface area contributed by atoms with Crippen molar-refractivity contribution in [2.45, 2.75) is 24.9 Å². The summed E-state index contributed by atoms with van der Waals surface area (Å²) < 4.78 is 38.4. The number of aromatic nitrogens is 2. The Kier molecular flexibility index (Phi) is 6.67. The van der Waals surface area contributed by atoms with Crippen LogP contribution in [0.3, 0.4) is 0 Å². The summed E-state index contributed by atoms with van der Waals surface area (Å²) in [5, 5.41) is 14.5. The van der Waals surface area contributed by atoms with Crippen LogP contribution in [0.4, 0.5) is 18.9 Å². The molecule has 0 atom stereocenters. The zero-order valence-corrected chi connectivity index (χ0v) is 14.3. The van der Waals surface area contributed by atoms with E-state index in [-0.39, 0.29) is 13.0 Å². The number of hydrogen-bond acceptors (Lipinski definition) is 4. The molecule has 0 fully saturated rings. The number of carboxylic acids is 1. The molecule has 2 rings (SSSR count). The number of anilines is 1. The average molecular weight is 387 g/mol. The molecule has 2 aromatic rings. The maximum absolute atomic E-state index is 12.5. The zero-order chi connectivity index (χ0) is 19.2. The molecule has 140 valence electrons. The number of thioether (sulfide) groups is 1. The number of benzene rings is 1. The molecule has 1 aromatic carbocycles. The SMILES string of the molecule is O=C(O)CCSCc1cccc(NC(=O)Cn2ccc(C(F)(F)F)n2)c1. The summed E-state index contributed by atoms with van der Waals surface area (Å²) in [6, 6.07) is 7.77. The van der Waals surface area contributed by atoms with Gasteiger partial charge >= 0.3 is 12.1 Å². The molecular formula is C16H16F3N3O3S. The van der Waals surface area contributed by atoms with Gasteiger partial charge in [0.2, 0.25) is 5.91 Å². The lowest BCUT2D eigenvalue weighted by molar-refractivity contribution is -0.141. The largest absolute Gasteiger partial charge is 0.481 e. The van der Waals surface area contributed by atoms with E-state index in [4.69, 9.17) is 5.11 Å². The first-order valence-corrected chi connectivity index (χ1v) is 8.68. The van der Waals surface area contributed by atoms with Crippen molar-refractivity contribution < 1.29 is 27.9 Å². The lowest BCUT2D eigenvalue weighted by Crippen LogP contribution is -2.19. The van der Waals surface area contributed by atoms with Crippen LogP contribution in [0.2, 0.25) is 0 Å². The molecule has 10 heteroatoms. The molecule has 0 aliphatic rings. The van der Waals surface area contributed by atoms with Gasteiger partial charge in [-0.1, -0.05) is 12.1 Å². The predicted molar refractivity (Wildman–Crippen MR) is 90.7 cm³/mol. The van der Waals surface area contributed by atoms with Crippen LogP contribution in [0.25, 0.3) is 0 Å². The van der Waals surface area contributed by atoms with Gasteiger partial charge < -0.3 is 10.4 Å². The van der Waals surface area contributed by atoms with Gasteiger partial charge in [0.25, 0.3) is 0 Å². The Morgan fingerprint density at radius 3 is 2.69 bits per heavy atom. The highest BCUT2D eigenvalue weighted by Crippen LogP contribution is 2.27. The summed E-state index contributed by atoms with van der Waals surface area (Å²) in [5.41, 5.74) is 0.358. The maximum atomic E-state index is 12.5. The highest BCUT2D eigenvalue weighted by Gasteiger charge is 2.33. The Morgan fingerprint density at radius 1 is 1.27 bits per heavy atom. The minimum atomic E-state index is -4.55. The van der Waals surface area contributed by atoms with E-state index in [0.717, 1.165) is 22.5 Å². The number of carboxylic acid groups (broad SMARTS) is 1. The number of aliphatic carboxylic acids is 1. The molecule has 0 radical (unpaired) electrons. The van der Waals surface area contributed by atoms with Crippen LogP contribution in [-0.4, -0.2) is 32.5 Å². The first-order valence-electron chi connectivity index (χ1n) is 7.53. The number of alkyl halides is 3. The average Bonchev–Trinajstić information content (AvgIpc) is 3.00. The lowest BCUT2D eigenvalue weighted by atomic mass is 10.2. The fraction of sp³-hybridized carbons (Fsp3) is 0.312. The molecule has 2 N–H and O–H groups in total. The first-order chi connectivity index (χ1) is 12.2. The number of halogens is 3. The molecule has 0 aliphatic heterocycles. The van der Waals surface area contributed by atoms with Crippen LogP contribution >= 0.6 is 11.8 Å². The molecule has 0 bridgehead atoms. The van der Waals surface area contributed by atoms with Gasteiger partial charge in [0.15, 0.2) is 5.69 Å². The molecule has 0 saturated carbocycles. The fourth-order valence-corrected chi connectivity index (χ4v) is 2.92. The van der Waals surface area contributed by atoms with Crippen molar-refractivity contribution in [3.63, 3.8) is 0 Å². The van der Waals surface area contributed by atoms with Crippen LogP contribution < -0.4 is 5.32 Å². The van der Waals surface area contributed by atoms with E-state index in [1.807, 2.05) is 6.07 Å². The normalized spacial score (nSPS) is 11.3. The van der Waals surface area contributed by atoms with Crippen LogP contribution in [0.5, 0.6) is 0 Å². The highest BCUT2D eigenvalue weighted by molar-refractivity contribution is 7.98. The van der Waals surface area contributed by atoms with Crippen LogP contribution in [0.1, 0.15) is 17.7 Å². The van der Waals surface area contributed by atoms with E-state index >= 15 is 0 Å². The number of rotatable bonds is 8. The van der Waals surface area contributed by atoms with Crippen molar-refractivity contribution >= 4 is 29.3 Å². The van der Waals surface area contributed by atoms with Crippen molar-refractivity contribution in [3.05, 3.63) is 47.8 Å². The quantitative estimate of drug-likeness (QED) is 0.680. The highest BCUT2D eigenvalue weighted by atomic mass is 32.2. The van der Waals surface area contributed by atoms with E-state index in [9.17, 15) is 22.8 Å². The van der Waals surface area contributed by atoms with Gasteiger partial charge in [-0.2, -0.15) is 30.0 Å². The minimum absolute atomic E-state index is 0.0743. The van der Waals surface area contributed by atoms with Gasteiger partial charge in [-0.05, 0) is 23.8 Å². The van der Waals surface area contributed by atoms with Crippen LogP contribution in [0, 0.1) is 0 Å². The third kappa shape index (κ3) is 6.43. The molecule has 1 heterocycles. The van der Waals surface area contributed by atoms with Gasteiger partial charge in [0.05, 0.1) is 6.42 Å². The molecule has 0 unspecified atom stereocenters. The monoisotopic (exact) mass is 387 g/mol. The molecule has 0 spiro atoms. The minimum Gasteiger partial charge on any atom is -0.481 e. The number of amides is 1. The van der Waals surface area contributed by atoms with E-state index in [2.05, 4.69) is 10.4 Å². The zero-order valence-electron chi connectivity index (χ0n) is 13.5. The second kappa shape index (κ2) is 8.75. The second-order valence-corrected chi connectivity index (χ2v) is 6.45. The molecule has 26 heavy (non-hydrogen) atoms. The van der Waals surface area contributed by atoms with E-state index < -0.39 is 23.7 Å². The third-order valence-electron chi connectivity index (χ3n) is 3.18. The summed E-state index contributed by atoms with van der Waals surface area (Å²) in [5.74, 6) is -0.291. The number of hydrogen-bond donors (Lipinski definition) is 2. The number of carbonyl (C=O) groups excluding carboxylic acids is 1. The van der Waals surface area contributed by atoms with Crippen molar-refractivity contribution in [2.75, 3.05) is 11.1 Å². The maximum Gasteiger partial charge on any atom is 0.435 e. The molecule has 1 amide bonds. The Balaban J connectivity index is 1.87. The van der Waals surface area contributed by atoms with E-state index in [0.29, 0.717) is 17.2 Å². The van der Waals surface area contributed by atoms with E-state index in [1.54, 1.807) is 18.2 Å². The Hall–Kier alpha value is -2.49. The van der Waals surface area contributed by atoms with Crippen molar-refractivity contribution in [1.29, 1.82) is 0 Å². The molecule has 0 saturated heterocycles. The number of nitrogens with zero attached hydrogens (tertiary/aromatic N) is 2. The van der Waals surface area contributed by atoms with Crippen LogP contribution in [-0.2, 0) is 28.1 Å². The Morgan fingerprint density at radius 2 is 2.04 bits per heavy atom. The molecule has 1 aromatic heterocycles. The second-order valence-electron chi connectivity index (χ2n) is 5.34. The summed E-state index contributed by atoms with van der Waals surface area (Å²) in [4.78, 5) is 22.4. The summed E-state index contributed by atoms with van der Waals surface area (Å²) in [6.07, 6.45) is -3.38. The first kappa shape index (κ1) is 19.8. The van der Waals surface area contributed by atoms with Gasteiger partial charge in [-0.3, -0.25) is 14.3 Å². The standard InChI is InChI=1S/C16H16F3N3O3S/c17-16(18,19)13-4-6-22(21-13)9-14(23)20-12-3-1-2-11(8-12)10-26-7-5-15(24)25/h1-4,6,8H,5,7,9-10H2,(H,20,23)(H,24,25).